The Bertz CT molecular complexity index is 1610. The van der Waals surface area contributed by atoms with Crippen LogP contribution in [0.25, 0.3) is 0 Å². The molecule has 3 heterocycles. The number of hydrogen-bond acceptors (Lipinski definition) is 11. The lowest BCUT2D eigenvalue weighted by Crippen LogP contribution is -2.55. The van der Waals surface area contributed by atoms with Crippen LogP contribution in [0.3, 0.4) is 0 Å². The third-order valence-electron chi connectivity index (χ3n) is 6.49. The van der Waals surface area contributed by atoms with Crippen LogP contribution in [-0.4, -0.2) is 63.3 Å². The summed E-state index contributed by atoms with van der Waals surface area (Å²) in [6.45, 7) is 5.19. The minimum absolute atomic E-state index is 0.0393. The first-order valence-electron chi connectivity index (χ1n) is 13.9. The maximum absolute atomic E-state index is 13.9. The van der Waals surface area contributed by atoms with E-state index in [0.717, 1.165) is 22.5 Å². The van der Waals surface area contributed by atoms with Gasteiger partial charge in [-0.3, -0.25) is 19.8 Å². The molecule has 0 unspecified atom stereocenters. The normalized spacial score (nSPS) is 16.5. The van der Waals surface area contributed by atoms with Gasteiger partial charge in [0.15, 0.2) is 22.6 Å². The van der Waals surface area contributed by atoms with Gasteiger partial charge in [0.05, 0.1) is 17.5 Å². The summed E-state index contributed by atoms with van der Waals surface area (Å²) in [6.07, 6.45) is -1.19. The molecule has 0 bridgehead atoms. The number of amides is 3. The van der Waals surface area contributed by atoms with E-state index in [2.05, 4.69) is 20.8 Å². The van der Waals surface area contributed by atoms with Gasteiger partial charge in [-0.2, -0.15) is 0 Å². The highest BCUT2D eigenvalue weighted by atomic mass is 32.2. The molecule has 2 aliphatic rings. The predicted molar refractivity (Wildman–Crippen MR) is 169 cm³/mol. The van der Waals surface area contributed by atoms with Crippen molar-refractivity contribution < 1.29 is 33.5 Å². The van der Waals surface area contributed by atoms with E-state index < -0.39 is 29.7 Å². The Morgan fingerprint density at radius 1 is 1.02 bits per heavy atom. The maximum Gasteiger partial charge on any atom is 0.413 e. The fraction of sp³-hybridized carbons (Fsp3) is 0.290. The molecule has 1 fully saturated rings. The number of benzene rings is 2. The highest BCUT2D eigenvalue weighted by Gasteiger charge is 2.47. The summed E-state index contributed by atoms with van der Waals surface area (Å²) >= 11 is 2.47. The molecule has 3 aromatic rings. The number of ether oxygens (including phenoxy) is 2. The van der Waals surface area contributed by atoms with Crippen molar-refractivity contribution in [2.75, 3.05) is 18.2 Å². The van der Waals surface area contributed by atoms with Crippen LogP contribution in [0, 0.1) is 0 Å². The van der Waals surface area contributed by atoms with Crippen molar-refractivity contribution in [1.29, 1.82) is 0 Å². The fourth-order valence-electron chi connectivity index (χ4n) is 4.57. The molecule has 0 radical (unpaired) electrons. The van der Waals surface area contributed by atoms with Crippen LogP contribution < -0.4 is 10.6 Å². The highest BCUT2D eigenvalue weighted by Crippen LogP contribution is 2.40. The van der Waals surface area contributed by atoms with Crippen LogP contribution in [-0.2, 0) is 28.7 Å². The Balaban J connectivity index is 1.42. The maximum atomic E-state index is 13.9. The van der Waals surface area contributed by atoms with Crippen LogP contribution in [0.15, 0.2) is 82.6 Å². The van der Waals surface area contributed by atoms with Crippen LogP contribution in [0.5, 0.6) is 0 Å². The van der Waals surface area contributed by atoms with Crippen LogP contribution in [0.1, 0.15) is 50.1 Å². The van der Waals surface area contributed by atoms with E-state index >= 15 is 0 Å². The van der Waals surface area contributed by atoms with Gasteiger partial charge in [0.1, 0.15) is 18.4 Å². The third-order valence-corrected chi connectivity index (χ3v) is 8.47. The van der Waals surface area contributed by atoms with Gasteiger partial charge in [0.25, 0.3) is 5.91 Å². The number of fused-ring (bicyclic) bond motifs is 1. The predicted octanol–water partition coefficient (Wildman–Crippen LogP) is 4.81. The lowest BCUT2D eigenvalue weighted by atomic mass is 10.0. The van der Waals surface area contributed by atoms with Gasteiger partial charge in [0, 0.05) is 11.1 Å². The van der Waals surface area contributed by atoms with Crippen LogP contribution in [0.2, 0.25) is 0 Å². The lowest BCUT2D eigenvalue weighted by Gasteiger charge is -2.44. The second-order valence-corrected chi connectivity index (χ2v) is 12.9. The Morgan fingerprint density at radius 2 is 1.67 bits per heavy atom. The summed E-state index contributed by atoms with van der Waals surface area (Å²) in [5.74, 6) is -1.52. The first-order valence-corrected chi connectivity index (χ1v) is 15.8. The van der Waals surface area contributed by atoms with E-state index in [1.807, 2.05) is 60.7 Å². The van der Waals surface area contributed by atoms with Gasteiger partial charge in [-0.15, -0.1) is 23.1 Å². The molecule has 2 aliphatic heterocycles. The Kier molecular flexibility index (Phi) is 9.54. The molecule has 1 atom stereocenters. The quantitative estimate of drug-likeness (QED) is 0.144. The average molecular weight is 650 g/mol. The molecule has 3 amide bonds. The van der Waals surface area contributed by atoms with Gasteiger partial charge in [-0.05, 0) is 31.9 Å². The van der Waals surface area contributed by atoms with Gasteiger partial charge in [-0.25, -0.2) is 14.6 Å². The molecular formula is C31H31N5O7S2. The summed E-state index contributed by atoms with van der Waals surface area (Å²) in [5, 5.41) is 10.6. The van der Waals surface area contributed by atoms with E-state index in [1.54, 1.807) is 20.8 Å². The topological polar surface area (TPSA) is 149 Å². The van der Waals surface area contributed by atoms with Crippen molar-refractivity contribution in [3.8, 4) is 0 Å². The fourth-order valence-corrected chi connectivity index (χ4v) is 6.45. The number of anilines is 1. The number of carbonyl (C=O) groups excluding carboxylic acids is 4. The molecular weight excluding hydrogens is 619 g/mol. The van der Waals surface area contributed by atoms with E-state index in [0.29, 0.717) is 0 Å². The molecule has 234 valence electrons. The minimum Gasteiger partial charge on any atom is -0.448 e. The number of esters is 1. The van der Waals surface area contributed by atoms with E-state index in [-0.39, 0.29) is 51.4 Å². The highest BCUT2D eigenvalue weighted by molar-refractivity contribution is 8.00. The Hall–Kier alpha value is -4.69. The third kappa shape index (κ3) is 7.52. The van der Waals surface area contributed by atoms with Gasteiger partial charge in [0.2, 0.25) is 5.91 Å². The molecule has 14 heteroatoms. The number of aromatic nitrogens is 1. The molecule has 0 saturated carbocycles. The molecule has 0 spiro atoms. The smallest absolute Gasteiger partial charge is 0.413 e. The summed E-state index contributed by atoms with van der Waals surface area (Å²) in [6, 6.07) is 18.5. The van der Waals surface area contributed by atoms with Crippen LogP contribution >= 0.6 is 23.1 Å². The number of hydrogen-bond donors (Lipinski definition) is 2. The molecule has 0 aliphatic carbocycles. The first kappa shape index (κ1) is 31.7. The molecule has 12 nitrogen and oxygen atoms in total. The zero-order valence-electron chi connectivity index (χ0n) is 24.9. The molecule has 2 N–H and O–H groups in total. The van der Waals surface area contributed by atoms with Crippen molar-refractivity contribution in [3.63, 3.8) is 0 Å². The second-order valence-electron chi connectivity index (χ2n) is 10.9. The van der Waals surface area contributed by atoms with Crippen molar-refractivity contribution >= 4 is 57.8 Å². The molecule has 5 rings (SSSR count). The van der Waals surface area contributed by atoms with E-state index in [9.17, 15) is 19.2 Å². The number of carbonyl (C=O) groups is 4. The number of rotatable bonds is 9. The van der Waals surface area contributed by atoms with Crippen molar-refractivity contribution in [1.82, 2.24) is 15.2 Å². The average Bonchev–Trinajstić information content (AvgIpc) is 3.45. The largest absolute Gasteiger partial charge is 0.448 e. The zero-order valence-corrected chi connectivity index (χ0v) is 26.6. The van der Waals surface area contributed by atoms with Gasteiger partial charge in [-0.1, -0.05) is 65.8 Å². The van der Waals surface area contributed by atoms with Gasteiger partial charge >= 0.3 is 12.1 Å². The molecule has 45 heavy (non-hydrogen) atoms. The number of nitrogens with zero attached hydrogens (tertiary/aromatic N) is 3. The van der Waals surface area contributed by atoms with E-state index in [1.165, 1.54) is 29.2 Å². The number of thioether (sulfide) groups is 1. The number of nitrogens with one attached hydrogen (secondary N) is 2. The number of oxime groups is 1. The monoisotopic (exact) mass is 649 g/mol. The van der Waals surface area contributed by atoms with Crippen LogP contribution in [0.4, 0.5) is 9.93 Å². The van der Waals surface area contributed by atoms with Gasteiger partial charge < -0.3 is 19.6 Å². The summed E-state index contributed by atoms with van der Waals surface area (Å²) < 4.78 is 11.3. The summed E-state index contributed by atoms with van der Waals surface area (Å²) in [4.78, 5) is 63.0. The lowest BCUT2D eigenvalue weighted by molar-refractivity contribution is -0.151. The molecule has 2 aromatic carbocycles. The minimum atomic E-state index is -0.760. The summed E-state index contributed by atoms with van der Waals surface area (Å²) in [5.41, 5.74) is 0.830. The first-order chi connectivity index (χ1) is 21.5. The van der Waals surface area contributed by atoms with Crippen molar-refractivity contribution in [2.45, 2.75) is 44.3 Å². The van der Waals surface area contributed by atoms with E-state index in [4.69, 9.17) is 14.3 Å². The molecule has 1 saturated heterocycles. The second kappa shape index (κ2) is 13.5. The van der Waals surface area contributed by atoms with Crippen molar-refractivity contribution in [2.24, 2.45) is 5.16 Å². The SMILES string of the molecule is CON=C(C(=O)NC1=C(C(=O)OC(c2ccccc2)c2ccccc2)N2C(=O)C[C@H]2SC1)c1csc(NC(=O)OC(C)(C)C)n1. The van der Waals surface area contributed by atoms with Crippen molar-refractivity contribution in [3.05, 3.63) is 94.3 Å². The molecule has 1 aromatic heterocycles. The zero-order chi connectivity index (χ0) is 32.1. The number of thiazole rings is 1. The Labute approximate surface area is 267 Å². The summed E-state index contributed by atoms with van der Waals surface area (Å²) in [7, 11) is 1.27. The number of β-lactam (4-membered cyclic amide) rings is 1. The Morgan fingerprint density at radius 3 is 2.24 bits per heavy atom. The standard InChI is InChI=1S/C31H31N5O7S2/c1-31(2,3)43-30(40)34-29-33-20(16-45-29)24(35-41-4)27(38)32-21-17-44-23-15-22(37)36(23)25(21)28(39)42-26(18-11-7-5-8-12-18)19-13-9-6-10-14-19/h5-14,16,23,26H,15,17H2,1-4H3,(H,32,38)(H,33,34,40)/t23-/m1/s1.